The van der Waals surface area contributed by atoms with Gasteiger partial charge in [-0.3, -0.25) is 5.41 Å². The largest absolute Gasteiger partial charge is 0.497 e. The first-order chi connectivity index (χ1) is 9.02. The van der Waals surface area contributed by atoms with Crippen LogP contribution in [0.5, 0.6) is 5.75 Å². The van der Waals surface area contributed by atoms with E-state index in [0.717, 1.165) is 23.5 Å². The lowest BCUT2D eigenvalue weighted by atomic mass is 10.1. The van der Waals surface area contributed by atoms with Crippen LogP contribution < -0.4 is 15.4 Å². The van der Waals surface area contributed by atoms with Crippen LogP contribution in [0.1, 0.15) is 32.3 Å². The topological polar surface area (TPSA) is 62.3 Å². The minimum Gasteiger partial charge on any atom is -0.497 e. The number of nitrogen functional groups attached to an aromatic ring is 1. The SMILES string of the molecule is COc1ccc(C(=N)N)c(N(CC(C)C)C2CC2)c1. The van der Waals surface area contributed by atoms with Crippen LogP contribution >= 0.6 is 0 Å². The number of rotatable bonds is 6. The maximum absolute atomic E-state index is 7.75. The van der Waals surface area contributed by atoms with Crippen LogP contribution in [-0.4, -0.2) is 25.5 Å². The fourth-order valence-electron chi connectivity index (χ4n) is 2.33. The zero-order chi connectivity index (χ0) is 14.0. The van der Waals surface area contributed by atoms with Crippen LogP contribution in [0.4, 0.5) is 5.69 Å². The molecule has 4 heteroatoms. The van der Waals surface area contributed by atoms with Crippen molar-refractivity contribution in [2.24, 2.45) is 11.7 Å². The van der Waals surface area contributed by atoms with Crippen molar-refractivity contribution >= 4 is 11.5 Å². The lowest BCUT2D eigenvalue weighted by Gasteiger charge is -2.29. The quantitative estimate of drug-likeness (QED) is 0.611. The second kappa shape index (κ2) is 5.51. The third-order valence-electron chi connectivity index (χ3n) is 3.35. The number of hydrogen-bond acceptors (Lipinski definition) is 3. The lowest BCUT2D eigenvalue weighted by Crippen LogP contribution is -2.32. The Morgan fingerprint density at radius 3 is 2.63 bits per heavy atom. The van der Waals surface area contributed by atoms with E-state index in [1.165, 1.54) is 12.8 Å². The summed E-state index contributed by atoms with van der Waals surface area (Å²) in [6.45, 7) is 5.41. The van der Waals surface area contributed by atoms with Gasteiger partial charge in [-0.05, 0) is 30.9 Å². The zero-order valence-corrected chi connectivity index (χ0v) is 11.9. The molecular formula is C15H23N3O. The molecule has 0 atom stereocenters. The van der Waals surface area contributed by atoms with E-state index < -0.39 is 0 Å². The molecule has 0 aliphatic heterocycles. The van der Waals surface area contributed by atoms with Crippen molar-refractivity contribution in [1.29, 1.82) is 5.41 Å². The number of nitrogens with two attached hydrogens (primary N) is 1. The third kappa shape index (κ3) is 3.19. The van der Waals surface area contributed by atoms with Crippen molar-refractivity contribution in [3.8, 4) is 5.75 Å². The Morgan fingerprint density at radius 2 is 2.16 bits per heavy atom. The third-order valence-corrected chi connectivity index (χ3v) is 3.35. The summed E-state index contributed by atoms with van der Waals surface area (Å²) in [6.07, 6.45) is 2.45. The molecule has 0 saturated heterocycles. The second-order valence-electron chi connectivity index (χ2n) is 5.57. The van der Waals surface area contributed by atoms with E-state index in [0.29, 0.717) is 12.0 Å². The Hall–Kier alpha value is -1.71. The Bertz CT molecular complexity index is 466. The molecule has 0 heterocycles. The smallest absolute Gasteiger partial charge is 0.124 e. The van der Waals surface area contributed by atoms with Crippen LogP contribution in [0.3, 0.4) is 0 Å². The number of benzene rings is 1. The number of nitrogens with one attached hydrogen (secondary N) is 1. The second-order valence-corrected chi connectivity index (χ2v) is 5.57. The van der Waals surface area contributed by atoms with Gasteiger partial charge in [-0.1, -0.05) is 13.8 Å². The molecule has 3 N–H and O–H groups in total. The molecule has 0 bridgehead atoms. The van der Waals surface area contributed by atoms with Crippen LogP contribution in [-0.2, 0) is 0 Å². The highest BCUT2D eigenvalue weighted by molar-refractivity contribution is 6.00. The standard InChI is InChI=1S/C15H23N3O/c1-10(2)9-18(11-4-5-11)14-8-12(19-3)6-7-13(14)15(16)17/h6-8,10-11H,4-5,9H2,1-3H3,(H3,16,17). The summed E-state index contributed by atoms with van der Waals surface area (Å²) in [6, 6.07) is 6.33. The molecule has 0 unspecified atom stereocenters. The molecule has 1 fully saturated rings. The predicted octanol–water partition coefficient (Wildman–Crippen LogP) is 2.60. The summed E-state index contributed by atoms with van der Waals surface area (Å²) >= 11 is 0. The molecule has 104 valence electrons. The van der Waals surface area contributed by atoms with Crippen LogP contribution in [0.2, 0.25) is 0 Å². The van der Waals surface area contributed by atoms with E-state index in [1.54, 1.807) is 7.11 Å². The molecule has 0 aromatic heterocycles. The first-order valence-electron chi connectivity index (χ1n) is 6.82. The number of anilines is 1. The van der Waals surface area contributed by atoms with Gasteiger partial charge in [0.25, 0.3) is 0 Å². The minimum absolute atomic E-state index is 0.118. The Kier molecular flexibility index (Phi) is 3.98. The van der Waals surface area contributed by atoms with E-state index >= 15 is 0 Å². The fraction of sp³-hybridized carbons (Fsp3) is 0.533. The van der Waals surface area contributed by atoms with Crippen LogP contribution in [0.25, 0.3) is 0 Å². The summed E-state index contributed by atoms with van der Waals surface area (Å²) in [5.41, 5.74) is 7.54. The molecule has 1 aliphatic carbocycles. The summed E-state index contributed by atoms with van der Waals surface area (Å²) < 4.78 is 5.31. The van der Waals surface area contributed by atoms with E-state index in [-0.39, 0.29) is 5.84 Å². The summed E-state index contributed by atoms with van der Waals surface area (Å²) in [5.74, 6) is 1.51. The Morgan fingerprint density at radius 1 is 1.47 bits per heavy atom. The van der Waals surface area contributed by atoms with Gasteiger partial charge in [-0.2, -0.15) is 0 Å². The van der Waals surface area contributed by atoms with Crippen molar-refractivity contribution in [2.75, 3.05) is 18.6 Å². The maximum Gasteiger partial charge on any atom is 0.124 e. The Labute approximate surface area is 115 Å². The van der Waals surface area contributed by atoms with Crippen molar-refractivity contribution in [3.05, 3.63) is 23.8 Å². The molecule has 0 spiro atoms. The molecule has 1 saturated carbocycles. The average molecular weight is 261 g/mol. The van der Waals surface area contributed by atoms with Gasteiger partial charge in [0.05, 0.1) is 12.8 Å². The fourth-order valence-corrected chi connectivity index (χ4v) is 2.33. The molecule has 0 amide bonds. The first-order valence-corrected chi connectivity index (χ1v) is 6.82. The van der Waals surface area contributed by atoms with Gasteiger partial charge in [0.1, 0.15) is 11.6 Å². The first kappa shape index (κ1) is 13.7. The minimum atomic E-state index is 0.118. The van der Waals surface area contributed by atoms with Crippen molar-refractivity contribution < 1.29 is 4.74 Å². The summed E-state index contributed by atoms with van der Waals surface area (Å²) in [4.78, 5) is 2.38. The van der Waals surface area contributed by atoms with Gasteiger partial charge < -0.3 is 15.4 Å². The van der Waals surface area contributed by atoms with Gasteiger partial charge in [0.2, 0.25) is 0 Å². The zero-order valence-electron chi connectivity index (χ0n) is 11.9. The highest BCUT2D eigenvalue weighted by atomic mass is 16.5. The highest BCUT2D eigenvalue weighted by Gasteiger charge is 2.31. The van der Waals surface area contributed by atoms with Gasteiger partial charge in [0.15, 0.2) is 0 Å². The highest BCUT2D eigenvalue weighted by Crippen LogP contribution is 2.36. The predicted molar refractivity (Wildman–Crippen MR) is 79.2 cm³/mol. The number of amidine groups is 1. The number of nitrogens with zero attached hydrogens (tertiary/aromatic N) is 1. The number of ether oxygens (including phenoxy) is 1. The molecule has 19 heavy (non-hydrogen) atoms. The van der Waals surface area contributed by atoms with Gasteiger partial charge in [-0.15, -0.1) is 0 Å². The molecule has 1 aliphatic rings. The normalized spacial score (nSPS) is 14.5. The van der Waals surface area contributed by atoms with E-state index in [1.807, 2.05) is 18.2 Å². The summed E-state index contributed by atoms with van der Waals surface area (Å²) in [7, 11) is 1.66. The van der Waals surface area contributed by atoms with Crippen LogP contribution in [0, 0.1) is 11.3 Å². The molecule has 1 aromatic rings. The molecule has 1 aromatic carbocycles. The van der Waals surface area contributed by atoms with E-state index in [2.05, 4.69) is 18.7 Å². The van der Waals surface area contributed by atoms with Crippen molar-refractivity contribution in [2.45, 2.75) is 32.7 Å². The molecular weight excluding hydrogens is 238 g/mol. The van der Waals surface area contributed by atoms with Gasteiger partial charge >= 0.3 is 0 Å². The molecule has 2 rings (SSSR count). The van der Waals surface area contributed by atoms with E-state index in [9.17, 15) is 0 Å². The maximum atomic E-state index is 7.75. The van der Waals surface area contributed by atoms with Crippen molar-refractivity contribution in [1.82, 2.24) is 0 Å². The van der Waals surface area contributed by atoms with Crippen molar-refractivity contribution in [3.63, 3.8) is 0 Å². The number of hydrogen-bond donors (Lipinski definition) is 2. The lowest BCUT2D eigenvalue weighted by molar-refractivity contribution is 0.414. The number of methoxy groups -OCH3 is 1. The van der Waals surface area contributed by atoms with Gasteiger partial charge in [0, 0.05) is 24.2 Å². The van der Waals surface area contributed by atoms with Gasteiger partial charge in [-0.25, -0.2) is 0 Å². The Balaban J connectivity index is 2.40. The monoisotopic (exact) mass is 261 g/mol. The average Bonchev–Trinajstić information content (AvgIpc) is 3.19. The molecule has 4 nitrogen and oxygen atoms in total. The van der Waals surface area contributed by atoms with Crippen LogP contribution in [0.15, 0.2) is 18.2 Å². The van der Waals surface area contributed by atoms with E-state index in [4.69, 9.17) is 15.9 Å². The summed E-state index contributed by atoms with van der Waals surface area (Å²) in [5, 5.41) is 7.75. The molecule has 0 radical (unpaired) electrons.